The molecule has 1 saturated heterocycles. The molecule has 1 amide bonds. The molecule has 0 N–H and O–H groups in total. The minimum atomic E-state index is 0.162. The van der Waals surface area contributed by atoms with Crippen LogP contribution in [0.4, 0.5) is 0 Å². The third-order valence-corrected chi connectivity index (χ3v) is 5.85. The second-order valence-electron chi connectivity index (χ2n) is 7.38. The first kappa shape index (κ1) is 15.6. The molecule has 0 aliphatic carbocycles. The van der Waals surface area contributed by atoms with Gasteiger partial charge in [0.05, 0.1) is 0 Å². The molecule has 0 spiro atoms. The van der Waals surface area contributed by atoms with E-state index in [2.05, 4.69) is 41.3 Å². The normalized spacial score (nSPS) is 17.8. The van der Waals surface area contributed by atoms with Crippen molar-refractivity contribution in [2.75, 3.05) is 19.6 Å². The summed E-state index contributed by atoms with van der Waals surface area (Å²) >= 11 is 0. The topological polar surface area (TPSA) is 23.6 Å². The molecule has 3 nitrogen and oxygen atoms in total. The monoisotopic (exact) mass is 342 g/mol. The molecule has 1 fully saturated rings. The third kappa shape index (κ3) is 2.60. The number of nitrogens with zero attached hydrogens (tertiary/aromatic N) is 2. The number of fused-ring (bicyclic) bond motifs is 2. The van der Waals surface area contributed by atoms with Gasteiger partial charge in [0, 0.05) is 37.8 Å². The van der Waals surface area contributed by atoms with Crippen LogP contribution in [-0.4, -0.2) is 41.4 Å². The molecule has 0 saturated carbocycles. The van der Waals surface area contributed by atoms with Gasteiger partial charge >= 0.3 is 0 Å². The lowest BCUT2D eigenvalue weighted by Gasteiger charge is -2.47. The SMILES string of the molecule is O=C(c1cccc2ccccc12)N1CC(N2CCc3ccccc3C2)C1. The predicted molar refractivity (Wildman–Crippen MR) is 104 cm³/mol. The largest absolute Gasteiger partial charge is 0.335 e. The van der Waals surface area contributed by atoms with Gasteiger partial charge in [0.2, 0.25) is 0 Å². The van der Waals surface area contributed by atoms with Crippen molar-refractivity contribution in [2.24, 2.45) is 0 Å². The molecular weight excluding hydrogens is 320 g/mol. The van der Waals surface area contributed by atoms with Gasteiger partial charge in [-0.1, -0.05) is 60.7 Å². The summed E-state index contributed by atoms with van der Waals surface area (Å²) in [6.07, 6.45) is 1.12. The molecule has 0 aromatic heterocycles. The van der Waals surface area contributed by atoms with Gasteiger partial charge in [-0.25, -0.2) is 0 Å². The zero-order valence-electron chi connectivity index (χ0n) is 14.8. The van der Waals surface area contributed by atoms with Crippen LogP contribution in [0.3, 0.4) is 0 Å². The molecule has 0 bridgehead atoms. The molecule has 26 heavy (non-hydrogen) atoms. The van der Waals surface area contributed by atoms with Gasteiger partial charge in [-0.2, -0.15) is 0 Å². The number of amides is 1. The summed E-state index contributed by atoms with van der Waals surface area (Å²) < 4.78 is 0. The molecule has 3 heteroatoms. The predicted octanol–water partition coefficient (Wildman–Crippen LogP) is 3.72. The van der Waals surface area contributed by atoms with Crippen LogP contribution in [-0.2, 0) is 13.0 Å². The number of hydrogen-bond donors (Lipinski definition) is 0. The van der Waals surface area contributed by atoms with E-state index >= 15 is 0 Å². The van der Waals surface area contributed by atoms with Crippen LogP contribution in [0.5, 0.6) is 0 Å². The average molecular weight is 342 g/mol. The lowest BCUT2D eigenvalue weighted by Crippen LogP contribution is -2.61. The molecule has 2 heterocycles. The number of carbonyl (C=O) groups excluding carboxylic acids is 1. The van der Waals surface area contributed by atoms with E-state index in [1.807, 2.05) is 35.2 Å². The fourth-order valence-electron chi connectivity index (χ4n) is 4.26. The van der Waals surface area contributed by atoms with Crippen molar-refractivity contribution in [2.45, 2.75) is 19.0 Å². The zero-order chi connectivity index (χ0) is 17.5. The van der Waals surface area contributed by atoms with E-state index in [4.69, 9.17) is 0 Å². The van der Waals surface area contributed by atoms with E-state index in [-0.39, 0.29) is 5.91 Å². The lowest BCUT2D eigenvalue weighted by atomic mass is 9.95. The van der Waals surface area contributed by atoms with Crippen molar-refractivity contribution in [3.05, 3.63) is 83.4 Å². The number of hydrogen-bond acceptors (Lipinski definition) is 2. The fourth-order valence-corrected chi connectivity index (χ4v) is 4.26. The van der Waals surface area contributed by atoms with Crippen LogP contribution < -0.4 is 0 Å². The maximum atomic E-state index is 13.0. The highest BCUT2D eigenvalue weighted by Crippen LogP contribution is 2.27. The standard InChI is InChI=1S/C23H22N2O/c26-23(22-11-5-9-18-7-3-4-10-21(18)22)25-15-20(16-25)24-13-12-17-6-1-2-8-19(17)14-24/h1-11,20H,12-16H2. The van der Waals surface area contributed by atoms with E-state index in [1.165, 1.54) is 11.1 Å². The number of benzene rings is 3. The van der Waals surface area contributed by atoms with Gasteiger partial charge in [0.25, 0.3) is 5.91 Å². The Labute approximate surface area is 153 Å². The summed E-state index contributed by atoms with van der Waals surface area (Å²) in [5, 5.41) is 2.18. The summed E-state index contributed by atoms with van der Waals surface area (Å²) in [6, 6.07) is 23.3. The van der Waals surface area contributed by atoms with Crippen LogP contribution in [0.15, 0.2) is 66.7 Å². The summed E-state index contributed by atoms with van der Waals surface area (Å²) in [7, 11) is 0. The molecule has 130 valence electrons. The fraction of sp³-hybridized carbons (Fsp3) is 0.261. The summed E-state index contributed by atoms with van der Waals surface area (Å²) in [5.74, 6) is 0.162. The molecule has 5 rings (SSSR count). The average Bonchev–Trinajstić information content (AvgIpc) is 2.66. The first-order valence-electron chi connectivity index (χ1n) is 9.37. The Morgan fingerprint density at radius 3 is 2.46 bits per heavy atom. The Bertz CT molecular complexity index is 969. The number of carbonyl (C=O) groups is 1. The van der Waals surface area contributed by atoms with Crippen LogP contribution in [0.25, 0.3) is 10.8 Å². The smallest absolute Gasteiger partial charge is 0.254 e. The zero-order valence-corrected chi connectivity index (χ0v) is 14.8. The Hall–Kier alpha value is -2.65. The van der Waals surface area contributed by atoms with E-state index < -0.39 is 0 Å². The van der Waals surface area contributed by atoms with Gasteiger partial charge in [0.15, 0.2) is 0 Å². The van der Waals surface area contributed by atoms with Crippen LogP contribution >= 0.6 is 0 Å². The minimum absolute atomic E-state index is 0.162. The minimum Gasteiger partial charge on any atom is -0.335 e. The molecular formula is C23H22N2O. The molecule has 3 aromatic rings. The van der Waals surface area contributed by atoms with Crippen LogP contribution in [0.2, 0.25) is 0 Å². The van der Waals surface area contributed by atoms with Crippen LogP contribution in [0.1, 0.15) is 21.5 Å². The second-order valence-corrected chi connectivity index (χ2v) is 7.38. The Morgan fingerprint density at radius 1 is 0.846 bits per heavy atom. The second kappa shape index (κ2) is 6.26. The third-order valence-electron chi connectivity index (χ3n) is 5.85. The van der Waals surface area contributed by atoms with Crippen molar-refractivity contribution in [3.8, 4) is 0 Å². The first-order valence-corrected chi connectivity index (χ1v) is 9.37. The van der Waals surface area contributed by atoms with E-state index in [0.717, 1.165) is 48.9 Å². The quantitative estimate of drug-likeness (QED) is 0.709. The highest BCUT2D eigenvalue weighted by molar-refractivity contribution is 6.07. The van der Waals surface area contributed by atoms with E-state index in [0.29, 0.717) is 6.04 Å². The Balaban J connectivity index is 1.29. The lowest BCUT2D eigenvalue weighted by molar-refractivity contribution is 0.0220. The maximum Gasteiger partial charge on any atom is 0.254 e. The first-order chi connectivity index (χ1) is 12.8. The van der Waals surface area contributed by atoms with Gasteiger partial charge < -0.3 is 4.90 Å². The summed E-state index contributed by atoms with van der Waals surface area (Å²) in [4.78, 5) is 17.5. The van der Waals surface area contributed by atoms with Crippen molar-refractivity contribution in [1.29, 1.82) is 0 Å². The highest BCUT2D eigenvalue weighted by atomic mass is 16.2. The molecule has 0 unspecified atom stereocenters. The molecule has 3 aromatic carbocycles. The van der Waals surface area contributed by atoms with Gasteiger partial charge in [-0.3, -0.25) is 9.69 Å². The number of rotatable bonds is 2. The van der Waals surface area contributed by atoms with Gasteiger partial charge in [0.1, 0.15) is 0 Å². The Kier molecular flexibility index (Phi) is 3.75. The summed E-state index contributed by atoms with van der Waals surface area (Å²) in [6.45, 7) is 3.78. The van der Waals surface area contributed by atoms with E-state index in [9.17, 15) is 4.79 Å². The maximum absolute atomic E-state index is 13.0. The highest BCUT2D eigenvalue weighted by Gasteiger charge is 2.36. The summed E-state index contributed by atoms with van der Waals surface area (Å²) in [5.41, 5.74) is 3.75. The Morgan fingerprint density at radius 2 is 1.58 bits per heavy atom. The van der Waals surface area contributed by atoms with Crippen molar-refractivity contribution in [1.82, 2.24) is 9.80 Å². The molecule has 0 atom stereocenters. The van der Waals surface area contributed by atoms with Crippen molar-refractivity contribution < 1.29 is 4.79 Å². The molecule has 2 aliphatic rings. The van der Waals surface area contributed by atoms with Crippen LogP contribution in [0, 0.1) is 0 Å². The van der Waals surface area contributed by atoms with E-state index in [1.54, 1.807) is 0 Å². The molecule has 0 radical (unpaired) electrons. The van der Waals surface area contributed by atoms with Crippen molar-refractivity contribution in [3.63, 3.8) is 0 Å². The van der Waals surface area contributed by atoms with Gasteiger partial charge in [-0.05, 0) is 34.4 Å². The van der Waals surface area contributed by atoms with Crippen molar-refractivity contribution >= 4 is 16.7 Å². The number of likely N-dealkylation sites (tertiary alicyclic amines) is 1. The van der Waals surface area contributed by atoms with Gasteiger partial charge in [-0.15, -0.1) is 0 Å². The molecule has 2 aliphatic heterocycles.